The lowest BCUT2D eigenvalue weighted by Gasteiger charge is -2.42. The van der Waals surface area contributed by atoms with E-state index in [1.165, 1.54) is 0 Å². The lowest BCUT2D eigenvalue weighted by atomic mass is 9.94. The van der Waals surface area contributed by atoms with Crippen LogP contribution in [-0.4, -0.2) is 84.6 Å². The van der Waals surface area contributed by atoms with Gasteiger partial charge in [-0.25, -0.2) is 14.4 Å². The van der Waals surface area contributed by atoms with Gasteiger partial charge >= 0.3 is 18.0 Å². The predicted molar refractivity (Wildman–Crippen MR) is 140 cm³/mol. The first-order valence-corrected chi connectivity index (χ1v) is 13.2. The van der Waals surface area contributed by atoms with Gasteiger partial charge in [-0.05, 0) is 44.9 Å². The summed E-state index contributed by atoms with van der Waals surface area (Å²) in [5.74, 6) is -0.493. The lowest BCUT2D eigenvalue weighted by molar-refractivity contribution is -0.139. The fraction of sp³-hybridized carbons (Fsp3) is 0.560. The van der Waals surface area contributed by atoms with Crippen molar-refractivity contribution in [3.8, 4) is 0 Å². The summed E-state index contributed by atoms with van der Waals surface area (Å²) in [6, 6.07) is 3.91. The second kappa shape index (κ2) is 12.7. The van der Waals surface area contributed by atoms with Gasteiger partial charge in [-0.1, -0.05) is 36.2 Å². The van der Waals surface area contributed by atoms with Gasteiger partial charge in [0.25, 0.3) is 0 Å². The maximum atomic E-state index is 13.3. The number of hydrogen-bond acceptors (Lipinski definition) is 5. The van der Waals surface area contributed by atoms with Crippen molar-refractivity contribution in [2.45, 2.75) is 46.2 Å². The van der Waals surface area contributed by atoms with Gasteiger partial charge < -0.3 is 20.3 Å². The molecule has 0 radical (unpaired) electrons. The summed E-state index contributed by atoms with van der Waals surface area (Å²) in [7, 11) is 0. The van der Waals surface area contributed by atoms with Crippen LogP contribution in [0.25, 0.3) is 0 Å². The van der Waals surface area contributed by atoms with E-state index < -0.39 is 12.0 Å². The number of benzene rings is 1. The Bertz CT molecular complexity index is 1020. The minimum Gasteiger partial charge on any atom is -0.463 e. The van der Waals surface area contributed by atoms with Gasteiger partial charge in [-0.3, -0.25) is 9.80 Å². The van der Waals surface area contributed by atoms with Crippen LogP contribution in [-0.2, 0) is 9.53 Å². The van der Waals surface area contributed by atoms with Crippen LogP contribution in [0.15, 0.2) is 29.5 Å². The van der Waals surface area contributed by atoms with Gasteiger partial charge in [-0.2, -0.15) is 0 Å². The standard InChI is InChI=1S/C25H35Cl2N5O4/c1-5-10-28-24(34)32-12-11-30(14-16(32)4)15-20-21(23(33)36-7-3)22(29-25(35)31(20)6-2)17-8-9-18(26)19(27)13-17/h8-9,13,16,22H,5-7,10-12,14-15H2,1-4H3,(H,28,34)(H,29,35). The summed E-state index contributed by atoms with van der Waals surface area (Å²) in [4.78, 5) is 44.5. The summed E-state index contributed by atoms with van der Waals surface area (Å²) in [6.07, 6.45) is 0.875. The minimum atomic E-state index is -0.734. The average molecular weight is 540 g/mol. The number of carbonyl (C=O) groups is 3. The number of nitrogens with one attached hydrogen (secondary N) is 2. The molecule has 4 amide bonds. The molecule has 0 bridgehead atoms. The highest BCUT2D eigenvalue weighted by Gasteiger charge is 2.39. The summed E-state index contributed by atoms with van der Waals surface area (Å²) >= 11 is 12.4. The average Bonchev–Trinajstić information content (AvgIpc) is 2.84. The number of amides is 4. The Labute approximate surface area is 222 Å². The van der Waals surface area contributed by atoms with E-state index >= 15 is 0 Å². The molecule has 2 N–H and O–H groups in total. The highest BCUT2D eigenvalue weighted by Crippen LogP contribution is 2.35. The number of halogens is 2. The topological polar surface area (TPSA) is 94.2 Å². The normalized spacial score (nSPS) is 20.9. The highest BCUT2D eigenvalue weighted by atomic mass is 35.5. The molecule has 2 unspecified atom stereocenters. The molecule has 36 heavy (non-hydrogen) atoms. The molecule has 11 heteroatoms. The summed E-state index contributed by atoms with van der Waals surface area (Å²) in [5, 5.41) is 6.58. The van der Waals surface area contributed by atoms with Crippen LogP contribution in [0.2, 0.25) is 10.0 Å². The molecule has 198 valence electrons. The number of rotatable bonds is 8. The molecule has 1 aromatic rings. The largest absolute Gasteiger partial charge is 0.463 e. The van der Waals surface area contributed by atoms with Gasteiger partial charge in [-0.15, -0.1) is 0 Å². The van der Waals surface area contributed by atoms with Crippen molar-refractivity contribution in [3.63, 3.8) is 0 Å². The second-order valence-corrected chi connectivity index (χ2v) is 9.71. The van der Waals surface area contributed by atoms with Gasteiger partial charge in [0.2, 0.25) is 0 Å². The molecule has 1 fully saturated rings. The van der Waals surface area contributed by atoms with E-state index in [-0.39, 0.29) is 24.7 Å². The molecule has 0 aliphatic carbocycles. The Hall–Kier alpha value is -2.49. The Kier molecular flexibility index (Phi) is 9.87. The molecule has 1 saturated heterocycles. The molecule has 0 aromatic heterocycles. The molecule has 2 aliphatic rings. The number of ether oxygens (including phenoxy) is 1. The van der Waals surface area contributed by atoms with Crippen molar-refractivity contribution in [2.75, 3.05) is 45.9 Å². The lowest BCUT2D eigenvalue weighted by Crippen LogP contribution is -2.58. The van der Waals surface area contributed by atoms with Crippen LogP contribution in [0.4, 0.5) is 9.59 Å². The van der Waals surface area contributed by atoms with E-state index in [9.17, 15) is 14.4 Å². The van der Waals surface area contributed by atoms with Crippen LogP contribution in [0.3, 0.4) is 0 Å². The number of piperazine rings is 1. The first-order valence-electron chi connectivity index (χ1n) is 12.4. The fourth-order valence-corrected chi connectivity index (χ4v) is 4.93. The van der Waals surface area contributed by atoms with Gasteiger partial charge in [0, 0.05) is 51.0 Å². The van der Waals surface area contributed by atoms with Crippen molar-refractivity contribution in [1.82, 2.24) is 25.3 Å². The van der Waals surface area contributed by atoms with E-state index in [0.29, 0.717) is 66.1 Å². The summed E-state index contributed by atoms with van der Waals surface area (Å²) in [5.41, 5.74) is 1.60. The zero-order valence-electron chi connectivity index (χ0n) is 21.3. The molecule has 0 spiro atoms. The molecule has 1 aromatic carbocycles. The van der Waals surface area contributed by atoms with Crippen molar-refractivity contribution in [3.05, 3.63) is 45.1 Å². The van der Waals surface area contributed by atoms with E-state index in [4.69, 9.17) is 27.9 Å². The van der Waals surface area contributed by atoms with Crippen molar-refractivity contribution in [1.29, 1.82) is 0 Å². The zero-order valence-corrected chi connectivity index (χ0v) is 22.8. The summed E-state index contributed by atoms with van der Waals surface area (Å²) < 4.78 is 5.43. The Morgan fingerprint density at radius 3 is 2.53 bits per heavy atom. The van der Waals surface area contributed by atoms with Crippen molar-refractivity contribution >= 4 is 41.2 Å². The number of esters is 1. The van der Waals surface area contributed by atoms with Crippen molar-refractivity contribution in [2.24, 2.45) is 0 Å². The van der Waals surface area contributed by atoms with Crippen LogP contribution >= 0.6 is 23.2 Å². The number of carbonyl (C=O) groups excluding carboxylic acids is 3. The van der Waals surface area contributed by atoms with Gasteiger partial charge in [0.15, 0.2) is 0 Å². The molecular formula is C25H35Cl2N5O4. The molecule has 2 atom stereocenters. The number of hydrogen-bond donors (Lipinski definition) is 2. The Morgan fingerprint density at radius 2 is 1.92 bits per heavy atom. The SMILES string of the molecule is CCCNC(=O)N1CCN(CC2=C(C(=O)OCC)C(c3ccc(Cl)c(Cl)c3)NC(=O)N2CC)CC1C. The van der Waals surface area contributed by atoms with Crippen LogP contribution < -0.4 is 10.6 Å². The van der Waals surface area contributed by atoms with Crippen LogP contribution in [0.1, 0.15) is 45.7 Å². The maximum absolute atomic E-state index is 13.3. The smallest absolute Gasteiger partial charge is 0.338 e. The second-order valence-electron chi connectivity index (χ2n) is 8.89. The quantitative estimate of drug-likeness (QED) is 0.486. The van der Waals surface area contributed by atoms with Gasteiger partial charge in [0.05, 0.1) is 28.3 Å². The molecular weight excluding hydrogens is 505 g/mol. The maximum Gasteiger partial charge on any atom is 0.338 e. The monoisotopic (exact) mass is 539 g/mol. The first kappa shape index (κ1) is 28.1. The number of likely N-dealkylation sites (N-methyl/N-ethyl adjacent to an activating group) is 1. The van der Waals surface area contributed by atoms with E-state index in [0.717, 1.165) is 6.42 Å². The minimum absolute atomic E-state index is 0.0272. The molecule has 2 aliphatic heterocycles. The van der Waals surface area contributed by atoms with E-state index in [2.05, 4.69) is 15.5 Å². The molecule has 2 heterocycles. The molecule has 0 saturated carbocycles. The van der Waals surface area contributed by atoms with E-state index in [1.807, 2.05) is 25.7 Å². The number of urea groups is 2. The third-order valence-corrected chi connectivity index (χ3v) is 7.14. The summed E-state index contributed by atoms with van der Waals surface area (Å²) in [6.45, 7) is 11.0. The highest BCUT2D eigenvalue weighted by molar-refractivity contribution is 6.42. The first-order chi connectivity index (χ1) is 17.2. The fourth-order valence-electron chi connectivity index (χ4n) is 4.62. The van der Waals surface area contributed by atoms with Crippen LogP contribution in [0, 0.1) is 0 Å². The van der Waals surface area contributed by atoms with Crippen LogP contribution in [0.5, 0.6) is 0 Å². The predicted octanol–water partition coefficient (Wildman–Crippen LogP) is 4.02. The Balaban J connectivity index is 1.95. The van der Waals surface area contributed by atoms with Gasteiger partial charge in [0.1, 0.15) is 0 Å². The Morgan fingerprint density at radius 1 is 1.17 bits per heavy atom. The van der Waals surface area contributed by atoms with Crippen molar-refractivity contribution < 1.29 is 19.1 Å². The third-order valence-electron chi connectivity index (χ3n) is 6.40. The zero-order chi connectivity index (χ0) is 26.4. The van der Waals surface area contributed by atoms with E-state index in [1.54, 1.807) is 30.0 Å². The third kappa shape index (κ3) is 6.25. The molecule has 9 nitrogen and oxygen atoms in total. The molecule has 3 rings (SSSR count). The number of nitrogens with zero attached hydrogens (tertiary/aromatic N) is 3.